The molecular weight excluding hydrogens is 292 g/mol. The average Bonchev–Trinajstić information content (AvgIpc) is 3.25. The molecule has 0 saturated heterocycles. The number of hydrogen-bond acceptors (Lipinski definition) is 3. The molecule has 0 aliphatic heterocycles. The molecule has 118 valence electrons. The van der Waals surface area contributed by atoms with Crippen LogP contribution in [0.2, 0.25) is 0 Å². The Hall–Kier alpha value is -3.02. The van der Waals surface area contributed by atoms with Gasteiger partial charge in [0.15, 0.2) is 0 Å². The van der Waals surface area contributed by atoms with Gasteiger partial charge < -0.3 is 19.6 Å². The largest absolute Gasteiger partial charge is 0.472 e. The van der Waals surface area contributed by atoms with Crippen LogP contribution in [0.3, 0.4) is 0 Å². The summed E-state index contributed by atoms with van der Waals surface area (Å²) in [4.78, 5) is 15.8. The lowest BCUT2D eigenvalue weighted by Crippen LogP contribution is -2.34. The van der Waals surface area contributed by atoms with Gasteiger partial charge in [0.2, 0.25) is 0 Å². The molecule has 23 heavy (non-hydrogen) atoms. The van der Waals surface area contributed by atoms with Crippen molar-refractivity contribution in [2.75, 3.05) is 0 Å². The number of imidazole rings is 1. The maximum absolute atomic E-state index is 11.8. The molecule has 6 nitrogen and oxygen atoms in total. The van der Waals surface area contributed by atoms with Crippen LogP contribution < -0.4 is 10.6 Å². The molecule has 3 aromatic rings. The quantitative estimate of drug-likeness (QED) is 0.735. The highest BCUT2D eigenvalue weighted by Crippen LogP contribution is 2.07. The summed E-state index contributed by atoms with van der Waals surface area (Å²) in [7, 11) is 0. The standard InChI is InChI=1S/C17H18N4O2/c22-17(20-10-16-4-7-23-12-16)19-9-14-2-1-3-15(8-14)11-21-6-5-18-13-21/h1-8,12-13H,9-11H2,(H2,19,20,22). The monoisotopic (exact) mass is 310 g/mol. The molecule has 2 amide bonds. The first kappa shape index (κ1) is 14.9. The highest BCUT2D eigenvalue weighted by molar-refractivity contribution is 5.73. The number of amides is 2. The second kappa shape index (κ2) is 7.31. The Morgan fingerprint density at radius 3 is 2.70 bits per heavy atom. The van der Waals surface area contributed by atoms with Gasteiger partial charge in [-0.2, -0.15) is 0 Å². The van der Waals surface area contributed by atoms with E-state index in [2.05, 4.69) is 27.8 Å². The predicted octanol–water partition coefficient (Wildman–Crippen LogP) is 2.52. The van der Waals surface area contributed by atoms with Crippen LogP contribution in [-0.2, 0) is 19.6 Å². The molecule has 2 heterocycles. The molecule has 0 atom stereocenters. The number of rotatable bonds is 6. The van der Waals surface area contributed by atoms with Gasteiger partial charge in [0.1, 0.15) is 0 Å². The molecule has 0 bridgehead atoms. The van der Waals surface area contributed by atoms with Crippen LogP contribution in [0.4, 0.5) is 4.79 Å². The fourth-order valence-electron chi connectivity index (χ4n) is 2.25. The molecule has 0 aliphatic carbocycles. The number of nitrogens with one attached hydrogen (secondary N) is 2. The Morgan fingerprint density at radius 1 is 1.13 bits per heavy atom. The molecule has 2 aromatic heterocycles. The first-order chi connectivity index (χ1) is 11.3. The Morgan fingerprint density at radius 2 is 1.96 bits per heavy atom. The van der Waals surface area contributed by atoms with Gasteiger partial charge in [-0.1, -0.05) is 24.3 Å². The lowest BCUT2D eigenvalue weighted by Gasteiger charge is -2.09. The van der Waals surface area contributed by atoms with E-state index in [0.717, 1.165) is 17.7 Å². The van der Waals surface area contributed by atoms with Gasteiger partial charge >= 0.3 is 6.03 Å². The van der Waals surface area contributed by atoms with E-state index >= 15 is 0 Å². The van der Waals surface area contributed by atoms with Gasteiger partial charge in [0.05, 0.1) is 18.9 Å². The van der Waals surface area contributed by atoms with E-state index in [1.54, 1.807) is 25.1 Å². The summed E-state index contributed by atoms with van der Waals surface area (Å²) in [6.45, 7) is 1.69. The first-order valence-electron chi connectivity index (χ1n) is 7.36. The molecular formula is C17H18N4O2. The molecule has 0 spiro atoms. The lowest BCUT2D eigenvalue weighted by atomic mass is 10.1. The molecule has 3 rings (SSSR count). The predicted molar refractivity (Wildman–Crippen MR) is 85.6 cm³/mol. The summed E-state index contributed by atoms with van der Waals surface area (Å²) in [5.41, 5.74) is 3.16. The fourth-order valence-corrected chi connectivity index (χ4v) is 2.25. The normalized spacial score (nSPS) is 10.4. The highest BCUT2D eigenvalue weighted by Gasteiger charge is 2.02. The van der Waals surface area contributed by atoms with E-state index in [1.807, 2.05) is 29.0 Å². The van der Waals surface area contributed by atoms with Crippen LogP contribution in [0.1, 0.15) is 16.7 Å². The number of aromatic nitrogens is 2. The zero-order chi connectivity index (χ0) is 15.9. The molecule has 0 unspecified atom stereocenters. The van der Waals surface area contributed by atoms with Crippen LogP contribution in [0.5, 0.6) is 0 Å². The van der Waals surface area contributed by atoms with Gasteiger partial charge in [-0.3, -0.25) is 0 Å². The number of furan rings is 1. The Bertz CT molecular complexity index is 736. The summed E-state index contributed by atoms with van der Waals surface area (Å²) in [6, 6.07) is 9.74. The summed E-state index contributed by atoms with van der Waals surface area (Å²) < 4.78 is 6.96. The third-order valence-corrected chi connectivity index (χ3v) is 3.40. The fraction of sp³-hybridized carbons (Fsp3) is 0.176. The van der Waals surface area contributed by atoms with Crippen molar-refractivity contribution in [3.8, 4) is 0 Å². The van der Waals surface area contributed by atoms with Crippen LogP contribution in [-0.4, -0.2) is 15.6 Å². The second-order valence-electron chi connectivity index (χ2n) is 5.22. The molecule has 6 heteroatoms. The Labute approximate surface area is 134 Å². The number of carbonyl (C=O) groups excluding carboxylic acids is 1. The average molecular weight is 310 g/mol. The molecule has 2 N–H and O–H groups in total. The Balaban J connectivity index is 1.48. The van der Waals surface area contributed by atoms with E-state index in [-0.39, 0.29) is 6.03 Å². The molecule has 0 fully saturated rings. The van der Waals surface area contributed by atoms with Crippen molar-refractivity contribution in [2.45, 2.75) is 19.6 Å². The zero-order valence-electron chi connectivity index (χ0n) is 12.6. The zero-order valence-corrected chi connectivity index (χ0v) is 12.6. The third kappa shape index (κ3) is 4.47. The van der Waals surface area contributed by atoms with Crippen molar-refractivity contribution < 1.29 is 9.21 Å². The number of carbonyl (C=O) groups is 1. The highest BCUT2D eigenvalue weighted by atomic mass is 16.3. The van der Waals surface area contributed by atoms with Crippen molar-refractivity contribution >= 4 is 6.03 Å². The minimum Gasteiger partial charge on any atom is -0.472 e. The van der Waals surface area contributed by atoms with Gasteiger partial charge in [-0.25, -0.2) is 9.78 Å². The van der Waals surface area contributed by atoms with Crippen LogP contribution >= 0.6 is 0 Å². The van der Waals surface area contributed by atoms with Gasteiger partial charge in [-0.05, 0) is 17.2 Å². The lowest BCUT2D eigenvalue weighted by molar-refractivity contribution is 0.240. The first-order valence-corrected chi connectivity index (χ1v) is 7.36. The van der Waals surface area contributed by atoms with E-state index in [0.29, 0.717) is 13.1 Å². The van der Waals surface area contributed by atoms with Gasteiger partial charge in [0.25, 0.3) is 0 Å². The topological polar surface area (TPSA) is 72.1 Å². The summed E-state index contributed by atoms with van der Waals surface area (Å²) in [6.07, 6.45) is 8.67. The van der Waals surface area contributed by atoms with Crippen molar-refractivity contribution in [1.29, 1.82) is 0 Å². The van der Waals surface area contributed by atoms with E-state index < -0.39 is 0 Å². The summed E-state index contributed by atoms with van der Waals surface area (Å²) in [5.74, 6) is 0. The second-order valence-corrected chi connectivity index (χ2v) is 5.22. The van der Waals surface area contributed by atoms with Crippen molar-refractivity contribution in [1.82, 2.24) is 20.2 Å². The molecule has 0 aliphatic rings. The van der Waals surface area contributed by atoms with E-state index in [4.69, 9.17) is 4.42 Å². The smallest absolute Gasteiger partial charge is 0.315 e. The van der Waals surface area contributed by atoms with Crippen LogP contribution in [0.15, 0.2) is 66.0 Å². The van der Waals surface area contributed by atoms with Crippen molar-refractivity contribution in [3.63, 3.8) is 0 Å². The van der Waals surface area contributed by atoms with Gasteiger partial charge in [0, 0.05) is 37.6 Å². The number of benzene rings is 1. The van der Waals surface area contributed by atoms with Crippen molar-refractivity contribution in [2.24, 2.45) is 0 Å². The SMILES string of the molecule is O=C(NCc1ccoc1)NCc1cccc(Cn2ccnc2)c1. The van der Waals surface area contributed by atoms with Gasteiger partial charge in [-0.15, -0.1) is 0 Å². The molecule has 0 radical (unpaired) electrons. The maximum Gasteiger partial charge on any atom is 0.315 e. The number of urea groups is 1. The van der Waals surface area contributed by atoms with E-state index in [9.17, 15) is 4.79 Å². The molecule has 0 saturated carbocycles. The van der Waals surface area contributed by atoms with Crippen molar-refractivity contribution in [3.05, 3.63) is 78.3 Å². The number of nitrogens with zero attached hydrogens (tertiary/aromatic N) is 2. The van der Waals surface area contributed by atoms with Crippen LogP contribution in [0, 0.1) is 0 Å². The molecule has 1 aromatic carbocycles. The summed E-state index contributed by atoms with van der Waals surface area (Å²) in [5, 5.41) is 5.63. The minimum absolute atomic E-state index is 0.203. The van der Waals surface area contributed by atoms with E-state index in [1.165, 1.54) is 5.56 Å². The minimum atomic E-state index is -0.203. The summed E-state index contributed by atoms with van der Waals surface area (Å²) >= 11 is 0. The third-order valence-electron chi connectivity index (χ3n) is 3.40. The maximum atomic E-state index is 11.8. The Kier molecular flexibility index (Phi) is 4.73. The van der Waals surface area contributed by atoms with Crippen LogP contribution in [0.25, 0.3) is 0 Å². The number of hydrogen-bond donors (Lipinski definition) is 2.